The summed E-state index contributed by atoms with van der Waals surface area (Å²) in [6.07, 6.45) is 20.5. The number of aromatic carboxylic acids is 1. The number of hydrogen-bond donors (Lipinski definition) is 1. The number of carbonyl (C=O) groups excluding carboxylic acids is 1. The van der Waals surface area contributed by atoms with Crippen LogP contribution in [0.3, 0.4) is 0 Å². The van der Waals surface area contributed by atoms with Gasteiger partial charge in [0.15, 0.2) is 0 Å². The average molecular weight is 403 g/mol. The Hall–Kier alpha value is -2.10. The Kier molecular flexibility index (Phi) is 14.5. The van der Waals surface area contributed by atoms with Crippen molar-refractivity contribution in [2.24, 2.45) is 0 Å². The molecule has 0 heterocycles. The number of allylic oxidation sites excluding steroid dienone is 2. The Morgan fingerprint density at radius 2 is 1.31 bits per heavy atom. The molecule has 0 aliphatic carbocycles. The lowest BCUT2D eigenvalue weighted by Crippen LogP contribution is -2.12. The molecule has 0 aliphatic rings. The maximum atomic E-state index is 12.0. The number of rotatable bonds is 17. The van der Waals surface area contributed by atoms with Crippen molar-refractivity contribution in [3.63, 3.8) is 0 Å². The molecule has 0 radical (unpaired) electrons. The van der Waals surface area contributed by atoms with Gasteiger partial charge in [-0.1, -0.05) is 89.0 Å². The zero-order valence-corrected chi connectivity index (χ0v) is 18.0. The minimum atomic E-state index is -1.11. The Bertz CT molecular complexity index is 607. The number of unbranched alkanes of at least 4 members (excludes halogenated alkanes) is 11. The summed E-state index contributed by atoms with van der Waals surface area (Å²) in [6, 6.07) is 6.16. The summed E-state index contributed by atoms with van der Waals surface area (Å²) in [6.45, 7) is 2.57. The first kappa shape index (κ1) is 24.9. The first-order chi connectivity index (χ1) is 14.2. The van der Waals surface area contributed by atoms with Crippen LogP contribution < -0.4 is 0 Å². The highest BCUT2D eigenvalue weighted by Crippen LogP contribution is 2.13. The summed E-state index contributed by atoms with van der Waals surface area (Å²) in [7, 11) is 0. The Balaban J connectivity index is 1.95. The van der Waals surface area contributed by atoms with Crippen molar-refractivity contribution < 1.29 is 19.4 Å². The van der Waals surface area contributed by atoms with Crippen molar-refractivity contribution in [1.29, 1.82) is 0 Å². The van der Waals surface area contributed by atoms with Crippen molar-refractivity contribution in [2.45, 2.75) is 90.4 Å². The van der Waals surface area contributed by atoms with Gasteiger partial charge >= 0.3 is 11.9 Å². The number of carboxylic acids is 1. The fourth-order valence-electron chi connectivity index (χ4n) is 3.25. The standard InChI is InChI=1S/C25H38O4/c1-2-3-4-5-6-7-8-9-10-11-12-13-14-15-18-21-29-25(28)23-20-17-16-19-22(23)24(26)27/h5-6,16-17,19-20H,2-4,7-15,18,21H2,1H3,(H,26,27)/b6-5+. The third kappa shape index (κ3) is 12.1. The van der Waals surface area contributed by atoms with Gasteiger partial charge in [-0.2, -0.15) is 0 Å². The van der Waals surface area contributed by atoms with Gasteiger partial charge in [0.1, 0.15) is 0 Å². The molecule has 4 nitrogen and oxygen atoms in total. The van der Waals surface area contributed by atoms with Crippen molar-refractivity contribution in [1.82, 2.24) is 0 Å². The van der Waals surface area contributed by atoms with Crippen LogP contribution in [0.5, 0.6) is 0 Å². The Morgan fingerprint density at radius 3 is 1.90 bits per heavy atom. The minimum absolute atomic E-state index is 0.00925. The second-order valence-electron chi connectivity index (χ2n) is 7.57. The first-order valence-electron chi connectivity index (χ1n) is 11.3. The van der Waals surface area contributed by atoms with Crippen LogP contribution in [-0.4, -0.2) is 23.7 Å². The summed E-state index contributed by atoms with van der Waals surface area (Å²) < 4.78 is 5.22. The van der Waals surface area contributed by atoms with Gasteiger partial charge in [-0.3, -0.25) is 0 Å². The average Bonchev–Trinajstić information content (AvgIpc) is 2.73. The van der Waals surface area contributed by atoms with E-state index in [4.69, 9.17) is 9.84 Å². The monoisotopic (exact) mass is 402 g/mol. The molecule has 0 atom stereocenters. The molecule has 0 unspecified atom stereocenters. The molecule has 162 valence electrons. The zero-order valence-electron chi connectivity index (χ0n) is 18.0. The number of esters is 1. The van der Waals surface area contributed by atoms with Crippen LogP contribution in [0.4, 0.5) is 0 Å². The summed E-state index contributed by atoms with van der Waals surface area (Å²) in [5.41, 5.74) is 0.112. The highest BCUT2D eigenvalue weighted by Gasteiger charge is 2.16. The zero-order chi connectivity index (χ0) is 21.2. The molecule has 0 fully saturated rings. The van der Waals surface area contributed by atoms with E-state index in [1.165, 1.54) is 76.3 Å². The second-order valence-corrected chi connectivity index (χ2v) is 7.57. The van der Waals surface area contributed by atoms with Gasteiger partial charge in [0.2, 0.25) is 0 Å². The molecule has 0 saturated carbocycles. The smallest absolute Gasteiger partial charge is 0.339 e. The summed E-state index contributed by atoms with van der Waals surface area (Å²) in [5.74, 6) is -1.66. The van der Waals surface area contributed by atoms with Crippen molar-refractivity contribution >= 4 is 11.9 Å². The molecular weight excluding hydrogens is 364 g/mol. The molecule has 0 saturated heterocycles. The number of hydrogen-bond acceptors (Lipinski definition) is 3. The molecule has 0 bridgehead atoms. The Labute approximate surface area is 176 Å². The van der Waals surface area contributed by atoms with E-state index in [9.17, 15) is 9.59 Å². The van der Waals surface area contributed by atoms with Crippen LogP contribution in [0.15, 0.2) is 36.4 Å². The SMILES string of the molecule is CCCC/C=C/CCCCCCCCCCCOC(=O)c1ccccc1C(=O)O. The molecule has 1 N–H and O–H groups in total. The van der Waals surface area contributed by atoms with E-state index in [0.717, 1.165) is 19.3 Å². The fourth-order valence-corrected chi connectivity index (χ4v) is 3.25. The highest BCUT2D eigenvalue weighted by molar-refractivity contribution is 6.02. The van der Waals surface area contributed by atoms with Crippen molar-refractivity contribution in [2.75, 3.05) is 6.61 Å². The predicted octanol–water partition coefficient (Wildman–Crippen LogP) is 7.19. The van der Waals surface area contributed by atoms with Gasteiger partial charge in [0, 0.05) is 0 Å². The quantitative estimate of drug-likeness (QED) is 0.170. The molecule has 1 rings (SSSR count). The van der Waals surface area contributed by atoms with E-state index >= 15 is 0 Å². The van der Waals surface area contributed by atoms with E-state index in [1.807, 2.05) is 0 Å². The second kappa shape index (κ2) is 16.8. The lowest BCUT2D eigenvalue weighted by molar-refractivity contribution is 0.0487. The molecule has 0 amide bonds. The molecule has 0 aromatic heterocycles. The lowest BCUT2D eigenvalue weighted by atomic mass is 10.1. The van der Waals surface area contributed by atoms with Crippen LogP contribution in [0.2, 0.25) is 0 Å². The van der Waals surface area contributed by atoms with Gasteiger partial charge in [-0.05, 0) is 37.8 Å². The van der Waals surface area contributed by atoms with Crippen LogP contribution in [0, 0.1) is 0 Å². The molecule has 0 aliphatic heterocycles. The van der Waals surface area contributed by atoms with Crippen LogP contribution in [0.25, 0.3) is 0 Å². The van der Waals surface area contributed by atoms with Gasteiger partial charge in [-0.15, -0.1) is 0 Å². The summed E-state index contributed by atoms with van der Waals surface area (Å²) in [5, 5.41) is 9.12. The minimum Gasteiger partial charge on any atom is -0.478 e. The van der Waals surface area contributed by atoms with Crippen LogP contribution >= 0.6 is 0 Å². The number of carboxylic acid groups (broad SMARTS) is 1. The number of ether oxygens (including phenoxy) is 1. The summed E-state index contributed by atoms with van der Waals surface area (Å²) >= 11 is 0. The van der Waals surface area contributed by atoms with Gasteiger partial charge < -0.3 is 9.84 Å². The van der Waals surface area contributed by atoms with Gasteiger partial charge in [0.05, 0.1) is 17.7 Å². The molecule has 29 heavy (non-hydrogen) atoms. The molecular formula is C25H38O4. The lowest BCUT2D eigenvalue weighted by Gasteiger charge is -2.07. The van der Waals surface area contributed by atoms with Crippen LogP contribution in [0.1, 0.15) is 111 Å². The van der Waals surface area contributed by atoms with E-state index < -0.39 is 11.9 Å². The summed E-state index contributed by atoms with van der Waals surface area (Å²) in [4.78, 5) is 23.2. The highest BCUT2D eigenvalue weighted by atomic mass is 16.5. The largest absolute Gasteiger partial charge is 0.478 e. The van der Waals surface area contributed by atoms with E-state index in [0.29, 0.717) is 6.61 Å². The molecule has 1 aromatic rings. The van der Waals surface area contributed by atoms with E-state index in [2.05, 4.69) is 19.1 Å². The van der Waals surface area contributed by atoms with E-state index in [1.54, 1.807) is 12.1 Å². The van der Waals surface area contributed by atoms with Crippen molar-refractivity contribution in [3.05, 3.63) is 47.5 Å². The third-order valence-electron chi connectivity index (χ3n) is 5.02. The Morgan fingerprint density at radius 1 is 0.793 bits per heavy atom. The topological polar surface area (TPSA) is 63.6 Å². The van der Waals surface area contributed by atoms with Crippen molar-refractivity contribution in [3.8, 4) is 0 Å². The maximum absolute atomic E-state index is 12.0. The normalized spacial score (nSPS) is 11.1. The third-order valence-corrected chi connectivity index (χ3v) is 5.02. The van der Waals surface area contributed by atoms with Crippen LogP contribution in [-0.2, 0) is 4.74 Å². The van der Waals surface area contributed by atoms with Gasteiger partial charge in [-0.25, -0.2) is 9.59 Å². The first-order valence-corrected chi connectivity index (χ1v) is 11.3. The fraction of sp³-hybridized carbons (Fsp3) is 0.600. The van der Waals surface area contributed by atoms with E-state index in [-0.39, 0.29) is 11.1 Å². The number of benzene rings is 1. The molecule has 4 heteroatoms. The predicted molar refractivity (Wildman–Crippen MR) is 119 cm³/mol. The number of carbonyl (C=O) groups is 2. The molecule has 1 aromatic carbocycles. The molecule has 0 spiro atoms. The van der Waals surface area contributed by atoms with Gasteiger partial charge in [0.25, 0.3) is 0 Å². The maximum Gasteiger partial charge on any atom is 0.339 e.